The predicted octanol–water partition coefficient (Wildman–Crippen LogP) is 1.89. The Bertz CT molecular complexity index is 629. The van der Waals surface area contributed by atoms with Gasteiger partial charge in [0.25, 0.3) is 5.91 Å². The van der Waals surface area contributed by atoms with E-state index in [1.54, 1.807) is 4.90 Å². The molecule has 2 heterocycles. The molecule has 3 rings (SSSR count). The summed E-state index contributed by atoms with van der Waals surface area (Å²) in [6, 6.07) is 9.64. The Hall–Kier alpha value is -2.37. The lowest BCUT2D eigenvalue weighted by molar-refractivity contribution is -0.152. The summed E-state index contributed by atoms with van der Waals surface area (Å²) in [5.41, 5.74) is 1.70. The van der Waals surface area contributed by atoms with E-state index >= 15 is 0 Å². The van der Waals surface area contributed by atoms with E-state index in [4.69, 9.17) is 4.84 Å². The van der Waals surface area contributed by atoms with Crippen molar-refractivity contribution in [2.75, 3.05) is 6.54 Å². The lowest BCUT2D eigenvalue weighted by atomic mass is 9.92. The molecule has 1 saturated heterocycles. The molecule has 2 aliphatic heterocycles. The molecule has 0 bridgehead atoms. The normalized spacial score (nSPS) is 27.3. The van der Waals surface area contributed by atoms with E-state index in [9.17, 15) is 14.7 Å². The van der Waals surface area contributed by atoms with Crippen molar-refractivity contribution < 1.29 is 19.5 Å². The number of amides is 1. The van der Waals surface area contributed by atoms with Gasteiger partial charge in [0.15, 0.2) is 0 Å². The van der Waals surface area contributed by atoms with Crippen LogP contribution >= 0.6 is 0 Å². The standard InChI is InChI=1S/C17H20N2O4/c1-11-7-8-13(17(21)22)10-19(11)16(20)15-9-14(18-23-15)12-5-3-2-4-6-12/h2-6,11,13,15H,7-10H2,1H3,(H,21,22). The topological polar surface area (TPSA) is 79.2 Å². The molecule has 122 valence electrons. The maximum Gasteiger partial charge on any atom is 0.308 e. The van der Waals surface area contributed by atoms with Crippen LogP contribution in [0.1, 0.15) is 31.7 Å². The summed E-state index contributed by atoms with van der Waals surface area (Å²) in [5, 5.41) is 13.2. The highest BCUT2D eigenvalue weighted by atomic mass is 16.6. The Morgan fingerprint density at radius 3 is 2.70 bits per heavy atom. The van der Waals surface area contributed by atoms with Gasteiger partial charge in [-0.25, -0.2) is 0 Å². The number of carbonyl (C=O) groups is 2. The monoisotopic (exact) mass is 316 g/mol. The second-order valence-corrected chi connectivity index (χ2v) is 6.15. The molecular formula is C17H20N2O4. The van der Waals surface area contributed by atoms with E-state index in [0.29, 0.717) is 19.3 Å². The van der Waals surface area contributed by atoms with Crippen LogP contribution in [0, 0.1) is 5.92 Å². The highest BCUT2D eigenvalue weighted by molar-refractivity contribution is 6.04. The van der Waals surface area contributed by atoms with Gasteiger partial charge in [0.2, 0.25) is 6.10 Å². The summed E-state index contributed by atoms with van der Waals surface area (Å²) in [6.45, 7) is 2.19. The van der Waals surface area contributed by atoms with Crippen molar-refractivity contribution in [2.45, 2.75) is 38.3 Å². The van der Waals surface area contributed by atoms with Gasteiger partial charge in [0.05, 0.1) is 11.6 Å². The first kappa shape index (κ1) is 15.5. The number of hydrogen-bond acceptors (Lipinski definition) is 4. The molecule has 6 heteroatoms. The molecule has 1 aromatic rings. The van der Waals surface area contributed by atoms with Crippen LogP contribution in [0.25, 0.3) is 0 Å². The van der Waals surface area contributed by atoms with E-state index < -0.39 is 18.0 Å². The smallest absolute Gasteiger partial charge is 0.308 e. The van der Waals surface area contributed by atoms with Gasteiger partial charge in [-0.1, -0.05) is 35.5 Å². The Morgan fingerprint density at radius 2 is 2.00 bits per heavy atom. The van der Waals surface area contributed by atoms with Crippen molar-refractivity contribution in [3.63, 3.8) is 0 Å². The zero-order chi connectivity index (χ0) is 16.4. The zero-order valence-electron chi connectivity index (χ0n) is 13.0. The maximum absolute atomic E-state index is 12.7. The fourth-order valence-electron chi connectivity index (χ4n) is 3.11. The first-order valence-corrected chi connectivity index (χ1v) is 7.87. The van der Waals surface area contributed by atoms with Gasteiger partial charge >= 0.3 is 5.97 Å². The fraction of sp³-hybridized carbons (Fsp3) is 0.471. The van der Waals surface area contributed by atoms with Gasteiger partial charge in [0.1, 0.15) is 0 Å². The van der Waals surface area contributed by atoms with Crippen molar-refractivity contribution in [3.8, 4) is 0 Å². The number of carboxylic acid groups (broad SMARTS) is 1. The highest BCUT2D eigenvalue weighted by Crippen LogP contribution is 2.26. The number of benzene rings is 1. The van der Waals surface area contributed by atoms with Crippen LogP contribution in [0.2, 0.25) is 0 Å². The van der Waals surface area contributed by atoms with E-state index in [0.717, 1.165) is 11.3 Å². The summed E-state index contributed by atoms with van der Waals surface area (Å²) in [6.07, 6.45) is 1.07. The minimum absolute atomic E-state index is 0.0301. The molecule has 3 unspecified atom stereocenters. The summed E-state index contributed by atoms with van der Waals surface area (Å²) in [4.78, 5) is 30.8. The van der Waals surface area contributed by atoms with Crippen molar-refractivity contribution in [3.05, 3.63) is 35.9 Å². The molecule has 23 heavy (non-hydrogen) atoms. The number of likely N-dealkylation sites (tertiary alicyclic amines) is 1. The molecule has 0 radical (unpaired) electrons. The minimum Gasteiger partial charge on any atom is -0.481 e. The Labute approximate surface area is 134 Å². The van der Waals surface area contributed by atoms with Crippen molar-refractivity contribution in [1.82, 2.24) is 4.90 Å². The molecule has 6 nitrogen and oxygen atoms in total. The number of hydrogen-bond donors (Lipinski definition) is 1. The van der Waals surface area contributed by atoms with Gasteiger partial charge in [-0.3, -0.25) is 9.59 Å². The lowest BCUT2D eigenvalue weighted by Gasteiger charge is -2.37. The van der Waals surface area contributed by atoms with Crippen molar-refractivity contribution >= 4 is 17.6 Å². The third-order valence-electron chi connectivity index (χ3n) is 4.57. The number of rotatable bonds is 3. The number of carboxylic acids is 1. The number of piperidine rings is 1. The van der Waals surface area contributed by atoms with Gasteiger partial charge in [0, 0.05) is 19.0 Å². The molecule has 1 fully saturated rings. The first-order valence-electron chi connectivity index (χ1n) is 7.87. The van der Waals surface area contributed by atoms with Crippen molar-refractivity contribution in [2.24, 2.45) is 11.1 Å². The number of carbonyl (C=O) groups excluding carboxylic acids is 1. The van der Waals surface area contributed by atoms with E-state index in [2.05, 4.69) is 5.16 Å². The quantitative estimate of drug-likeness (QED) is 0.923. The molecular weight excluding hydrogens is 296 g/mol. The molecule has 2 aliphatic rings. The molecule has 0 aliphatic carbocycles. The third kappa shape index (κ3) is 3.21. The van der Waals surface area contributed by atoms with Gasteiger partial charge in [-0.2, -0.15) is 0 Å². The van der Waals surface area contributed by atoms with Crippen LogP contribution < -0.4 is 0 Å². The largest absolute Gasteiger partial charge is 0.481 e. The molecule has 3 atom stereocenters. The maximum atomic E-state index is 12.7. The highest BCUT2D eigenvalue weighted by Gasteiger charge is 2.38. The summed E-state index contributed by atoms with van der Waals surface area (Å²) in [7, 11) is 0. The van der Waals surface area contributed by atoms with Gasteiger partial charge in [-0.05, 0) is 25.3 Å². The summed E-state index contributed by atoms with van der Waals surface area (Å²) < 4.78 is 0. The first-order chi connectivity index (χ1) is 11.1. The molecule has 0 spiro atoms. The Morgan fingerprint density at radius 1 is 1.26 bits per heavy atom. The fourth-order valence-corrected chi connectivity index (χ4v) is 3.11. The van der Waals surface area contributed by atoms with Gasteiger partial charge in [-0.15, -0.1) is 0 Å². The number of aliphatic carboxylic acids is 1. The molecule has 0 aromatic heterocycles. The predicted molar refractivity (Wildman–Crippen MR) is 84.0 cm³/mol. The second kappa shape index (κ2) is 6.40. The van der Waals surface area contributed by atoms with E-state index in [-0.39, 0.29) is 18.5 Å². The van der Waals surface area contributed by atoms with E-state index in [1.807, 2.05) is 37.3 Å². The van der Waals surface area contributed by atoms with Crippen molar-refractivity contribution in [1.29, 1.82) is 0 Å². The second-order valence-electron chi connectivity index (χ2n) is 6.15. The SMILES string of the molecule is CC1CCC(C(=O)O)CN1C(=O)C1CC(c2ccccc2)=NO1. The minimum atomic E-state index is -0.844. The van der Waals surface area contributed by atoms with Crippen LogP contribution in [0.4, 0.5) is 0 Å². The van der Waals surface area contributed by atoms with Crippen LogP contribution in [0.5, 0.6) is 0 Å². The van der Waals surface area contributed by atoms with Crippen LogP contribution in [0.15, 0.2) is 35.5 Å². The van der Waals surface area contributed by atoms with Crippen LogP contribution in [-0.4, -0.2) is 46.3 Å². The van der Waals surface area contributed by atoms with Gasteiger partial charge < -0.3 is 14.8 Å². The van der Waals surface area contributed by atoms with Crippen LogP contribution in [-0.2, 0) is 14.4 Å². The molecule has 0 saturated carbocycles. The molecule has 1 amide bonds. The molecule has 1 aromatic carbocycles. The lowest BCUT2D eigenvalue weighted by Crippen LogP contribution is -2.50. The van der Waals surface area contributed by atoms with E-state index in [1.165, 1.54) is 0 Å². The average Bonchev–Trinajstić information content (AvgIpc) is 3.05. The Balaban J connectivity index is 1.66. The third-order valence-corrected chi connectivity index (χ3v) is 4.57. The number of nitrogens with zero attached hydrogens (tertiary/aromatic N) is 2. The summed E-state index contributed by atoms with van der Waals surface area (Å²) in [5.74, 6) is -1.51. The molecule has 1 N–H and O–H groups in total. The average molecular weight is 316 g/mol. The van der Waals surface area contributed by atoms with Crippen LogP contribution in [0.3, 0.4) is 0 Å². The number of oxime groups is 1. The zero-order valence-corrected chi connectivity index (χ0v) is 13.0. The Kier molecular flexibility index (Phi) is 4.32. The summed E-state index contributed by atoms with van der Waals surface area (Å²) >= 11 is 0.